The van der Waals surface area contributed by atoms with Crippen LogP contribution < -0.4 is 15.4 Å². The highest BCUT2D eigenvalue weighted by Crippen LogP contribution is 2.36. The summed E-state index contributed by atoms with van der Waals surface area (Å²) in [5, 5.41) is 15.1. The number of nitrogens with zero attached hydrogens (tertiary/aromatic N) is 6. The molecule has 2 amide bonds. The Balaban J connectivity index is 1.40. The zero-order valence-corrected chi connectivity index (χ0v) is 21.8. The lowest BCUT2D eigenvalue weighted by Crippen LogP contribution is -2.36. The van der Waals surface area contributed by atoms with E-state index in [4.69, 9.17) is 21.3 Å². The highest BCUT2D eigenvalue weighted by molar-refractivity contribution is 6.30. The Labute approximate surface area is 224 Å². The molecule has 0 unspecified atom stereocenters. The molecule has 1 aromatic carbocycles. The fourth-order valence-electron chi connectivity index (χ4n) is 4.49. The number of aromatic nitrogens is 5. The maximum Gasteiger partial charge on any atom is 0.326 e. The normalized spacial score (nSPS) is 16.3. The Hall–Kier alpha value is -4.25. The lowest BCUT2D eigenvalue weighted by atomic mass is 9.94. The third kappa shape index (κ3) is 5.23. The maximum absolute atomic E-state index is 13.0. The van der Waals surface area contributed by atoms with E-state index < -0.39 is 6.04 Å². The Morgan fingerprint density at radius 2 is 2.00 bits per heavy atom. The van der Waals surface area contributed by atoms with Gasteiger partial charge in [0.2, 0.25) is 5.91 Å². The molecular formula is C26H27ClN8O3. The topological polar surface area (TPSA) is 128 Å². The van der Waals surface area contributed by atoms with E-state index in [0.717, 1.165) is 34.0 Å². The number of nitrogens with one attached hydrogen (secondary N) is 2. The number of rotatable bonds is 7. The minimum absolute atomic E-state index is 0.0616. The molecule has 12 heteroatoms. The number of amides is 2. The zero-order chi connectivity index (χ0) is 26.6. The SMILES string of the molecule is COc1ccc2c(c1)C(C1=CC=C(Cl)CC1)=N[C@@H](CC(=O)NCCNC(=O)n1ccnc1)c1nnc(C)n1-2. The number of ether oxygens (including phenoxy) is 1. The first-order chi connectivity index (χ1) is 18.4. The van der Waals surface area contributed by atoms with Gasteiger partial charge in [-0.2, -0.15) is 0 Å². The van der Waals surface area contributed by atoms with Crippen molar-refractivity contribution in [3.8, 4) is 11.4 Å². The second kappa shape index (κ2) is 11.0. The minimum atomic E-state index is -0.576. The van der Waals surface area contributed by atoms with E-state index in [-0.39, 0.29) is 31.4 Å². The highest BCUT2D eigenvalue weighted by Gasteiger charge is 2.30. The third-order valence-electron chi connectivity index (χ3n) is 6.38. The summed E-state index contributed by atoms with van der Waals surface area (Å²) in [7, 11) is 1.62. The van der Waals surface area contributed by atoms with E-state index >= 15 is 0 Å². The van der Waals surface area contributed by atoms with Crippen molar-refractivity contribution in [3.63, 3.8) is 0 Å². The molecule has 2 N–H and O–H groups in total. The maximum atomic E-state index is 13.0. The number of halogens is 1. The van der Waals surface area contributed by atoms with Crippen LogP contribution in [-0.4, -0.2) is 62.2 Å². The number of carbonyl (C=O) groups is 2. The standard InChI is InChI=1S/C26H27ClN8O3/c1-16-32-33-25-21(14-23(36)29-9-10-30-26(37)34-12-11-28-15-34)31-24(17-3-5-18(27)6-4-17)20-13-19(38-2)7-8-22(20)35(16)25/h3,5,7-8,11-13,15,21H,4,6,9-10,14H2,1-2H3,(H,29,36)(H,30,37)/t21-/m0/s1. The summed E-state index contributed by atoms with van der Waals surface area (Å²) in [6.45, 7) is 2.40. The fourth-order valence-corrected chi connectivity index (χ4v) is 4.65. The van der Waals surface area contributed by atoms with Crippen LogP contribution in [0.25, 0.3) is 5.69 Å². The molecule has 38 heavy (non-hydrogen) atoms. The second-order valence-electron chi connectivity index (χ2n) is 8.88. The van der Waals surface area contributed by atoms with E-state index in [1.165, 1.54) is 17.1 Å². The molecule has 0 saturated carbocycles. The van der Waals surface area contributed by atoms with E-state index in [1.54, 1.807) is 13.3 Å². The minimum Gasteiger partial charge on any atom is -0.497 e. The number of fused-ring (bicyclic) bond motifs is 3. The molecule has 196 valence electrons. The molecule has 3 heterocycles. The number of hydrogen-bond acceptors (Lipinski definition) is 7. The molecule has 1 aliphatic carbocycles. The van der Waals surface area contributed by atoms with Gasteiger partial charge in [0.15, 0.2) is 5.82 Å². The first-order valence-electron chi connectivity index (χ1n) is 12.2. The lowest BCUT2D eigenvalue weighted by Gasteiger charge is -2.17. The summed E-state index contributed by atoms with van der Waals surface area (Å²) in [5.41, 5.74) is 3.53. The van der Waals surface area contributed by atoms with Crippen LogP contribution in [0.1, 0.15) is 42.5 Å². The molecule has 3 aromatic rings. The summed E-state index contributed by atoms with van der Waals surface area (Å²) >= 11 is 6.23. The Bertz CT molecular complexity index is 1450. The predicted molar refractivity (Wildman–Crippen MR) is 142 cm³/mol. The van der Waals surface area contributed by atoms with Gasteiger partial charge in [-0.05, 0) is 49.6 Å². The number of carbonyl (C=O) groups excluding carboxylic acids is 2. The van der Waals surface area contributed by atoms with Crippen molar-refractivity contribution in [2.24, 2.45) is 4.99 Å². The summed E-state index contributed by atoms with van der Waals surface area (Å²) in [5.74, 6) is 1.75. The number of benzene rings is 1. The summed E-state index contributed by atoms with van der Waals surface area (Å²) in [6.07, 6.45) is 9.84. The molecule has 5 rings (SSSR count). The van der Waals surface area contributed by atoms with Crippen molar-refractivity contribution in [2.75, 3.05) is 20.2 Å². The van der Waals surface area contributed by atoms with Gasteiger partial charge in [0.05, 0.1) is 24.9 Å². The number of aryl methyl sites for hydroxylation is 1. The van der Waals surface area contributed by atoms with Crippen molar-refractivity contribution in [3.05, 3.63) is 76.9 Å². The Morgan fingerprint density at radius 1 is 1.16 bits per heavy atom. The van der Waals surface area contributed by atoms with E-state index in [2.05, 4.69) is 25.8 Å². The molecule has 0 bridgehead atoms. The van der Waals surface area contributed by atoms with Gasteiger partial charge in [0.1, 0.15) is 23.9 Å². The van der Waals surface area contributed by atoms with Gasteiger partial charge in [-0.3, -0.25) is 18.9 Å². The molecule has 1 atom stereocenters. The smallest absolute Gasteiger partial charge is 0.326 e. The van der Waals surface area contributed by atoms with Gasteiger partial charge in [-0.25, -0.2) is 9.78 Å². The lowest BCUT2D eigenvalue weighted by molar-refractivity contribution is -0.121. The first-order valence-corrected chi connectivity index (χ1v) is 12.6. The van der Waals surface area contributed by atoms with Crippen molar-refractivity contribution in [2.45, 2.75) is 32.2 Å². The van der Waals surface area contributed by atoms with Crippen LogP contribution in [0.5, 0.6) is 5.75 Å². The van der Waals surface area contributed by atoms with Gasteiger partial charge < -0.3 is 15.4 Å². The molecule has 2 aromatic heterocycles. The first kappa shape index (κ1) is 25.4. The largest absolute Gasteiger partial charge is 0.497 e. The molecule has 0 saturated heterocycles. The number of aliphatic imine (C=N–C) groups is 1. The monoisotopic (exact) mass is 534 g/mol. The van der Waals surface area contributed by atoms with Crippen molar-refractivity contribution in [1.82, 2.24) is 34.9 Å². The quantitative estimate of drug-likeness (QED) is 0.448. The average Bonchev–Trinajstić information content (AvgIpc) is 3.57. The van der Waals surface area contributed by atoms with Gasteiger partial charge in [-0.1, -0.05) is 17.7 Å². The van der Waals surface area contributed by atoms with Crippen molar-refractivity contribution in [1.29, 1.82) is 0 Å². The highest BCUT2D eigenvalue weighted by atomic mass is 35.5. The van der Waals surface area contributed by atoms with Crippen molar-refractivity contribution < 1.29 is 14.3 Å². The van der Waals surface area contributed by atoms with Crippen molar-refractivity contribution >= 4 is 29.3 Å². The number of hydrogen-bond donors (Lipinski definition) is 2. The number of methoxy groups -OCH3 is 1. The fraction of sp³-hybridized carbons (Fsp3) is 0.308. The average molecular weight is 535 g/mol. The van der Waals surface area contributed by atoms with Gasteiger partial charge in [0.25, 0.3) is 0 Å². The third-order valence-corrected chi connectivity index (χ3v) is 6.69. The van der Waals surface area contributed by atoms with E-state index in [1.807, 2.05) is 41.8 Å². The van der Waals surface area contributed by atoms with Crippen LogP contribution in [0, 0.1) is 6.92 Å². The molecular weight excluding hydrogens is 508 g/mol. The zero-order valence-electron chi connectivity index (χ0n) is 21.0. The Morgan fingerprint density at radius 3 is 2.74 bits per heavy atom. The van der Waals surface area contributed by atoms with Crippen LogP contribution in [-0.2, 0) is 4.79 Å². The van der Waals surface area contributed by atoms with Crippen LogP contribution >= 0.6 is 11.6 Å². The summed E-state index contributed by atoms with van der Waals surface area (Å²) in [6, 6.07) is 4.90. The van der Waals surface area contributed by atoms with Gasteiger partial charge in [0, 0.05) is 36.1 Å². The number of allylic oxidation sites excluding steroid dienone is 4. The molecule has 2 aliphatic rings. The molecule has 1 aliphatic heterocycles. The molecule has 0 radical (unpaired) electrons. The molecule has 0 spiro atoms. The second-order valence-corrected chi connectivity index (χ2v) is 9.36. The number of imidazole rings is 1. The van der Waals surface area contributed by atoms with Crippen LogP contribution in [0.3, 0.4) is 0 Å². The predicted octanol–water partition coefficient (Wildman–Crippen LogP) is 3.23. The van der Waals surface area contributed by atoms with Crippen LogP contribution in [0.4, 0.5) is 4.79 Å². The van der Waals surface area contributed by atoms with Crippen LogP contribution in [0.15, 0.2) is 64.7 Å². The summed E-state index contributed by atoms with van der Waals surface area (Å²) in [4.78, 5) is 34.0. The molecule has 11 nitrogen and oxygen atoms in total. The van der Waals surface area contributed by atoms with Gasteiger partial charge >= 0.3 is 6.03 Å². The van der Waals surface area contributed by atoms with E-state index in [0.29, 0.717) is 23.8 Å². The summed E-state index contributed by atoms with van der Waals surface area (Å²) < 4.78 is 8.79. The van der Waals surface area contributed by atoms with Crippen LogP contribution in [0.2, 0.25) is 0 Å². The molecule has 0 fully saturated rings. The van der Waals surface area contributed by atoms with Gasteiger partial charge in [-0.15, -0.1) is 10.2 Å². The Kier molecular flexibility index (Phi) is 7.36. The van der Waals surface area contributed by atoms with E-state index in [9.17, 15) is 9.59 Å².